The van der Waals surface area contributed by atoms with E-state index in [0.29, 0.717) is 26.2 Å². The minimum Gasteiger partial charge on any atom is -0.480 e. The van der Waals surface area contributed by atoms with Gasteiger partial charge in [0.1, 0.15) is 6.04 Å². The Kier molecular flexibility index (Phi) is 3.75. The molecule has 102 valence electrons. The van der Waals surface area contributed by atoms with Crippen molar-refractivity contribution in [2.24, 2.45) is 0 Å². The molecule has 0 aliphatic carbocycles. The summed E-state index contributed by atoms with van der Waals surface area (Å²) >= 11 is 0. The number of hydrogen-bond donors (Lipinski definition) is 2. The van der Waals surface area contributed by atoms with Crippen LogP contribution in [0.4, 0.5) is 4.79 Å². The van der Waals surface area contributed by atoms with Gasteiger partial charge in [0, 0.05) is 13.2 Å². The lowest BCUT2D eigenvalue weighted by Crippen LogP contribution is -2.57. The zero-order valence-electron chi connectivity index (χ0n) is 10.6. The summed E-state index contributed by atoms with van der Waals surface area (Å²) in [5.41, 5.74) is -0.364. The maximum Gasteiger partial charge on any atom is 0.326 e. The van der Waals surface area contributed by atoms with Crippen LogP contribution >= 0.6 is 0 Å². The number of hydrogen-bond acceptors (Lipinski definition) is 3. The summed E-state index contributed by atoms with van der Waals surface area (Å²) in [7, 11) is 0. The highest BCUT2D eigenvalue weighted by Gasteiger charge is 2.37. The monoisotopic (exact) mass is 256 g/mol. The summed E-state index contributed by atoms with van der Waals surface area (Å²) in [6.07, 6.45) is 3.03. The predicted octanol–water partition coefficient (Wildman–Crippen LogP) is 0.814. The molecule has 2 unspecified atom stereocenters. The van der Waals surface area contributed by atoms with Crippen molar-refractivity contribution in [3.05, 3.63) is 0 Å². The molecule has 2 saturated heterocycles. The molecule has 6 nitrogen and oxygen atoms in total. The average Bonchev–Trinajstić information content (AvgIpc) is 2.75. The average molecular weight is 256 g/mol. The Morgan fingerprint density at radius 2 is 2.22 bits per heavy atom. The van der Waals surface area contributed by atoms with E-state index in [1.807, 2.05) is 6.92 Å². The third kappa shape index (κ3) is 2.75. The molecule has 0 spiro atoms. The van der Waals surface area contributed by atoms with Crippen molar-refractivity contribution in [1.82, 2.24) is 10.2 Å². The number of aliphatic carboxylic acids is 1. The number of carbonyl (C=O) groups is 2. The number of urea groups is 1. The molecule has 18 heavy (non-hydrogen) atoms. The molecule has 6 heteroatoms. The molecule has 2 aliphatic heterocycles. The number of piperidine rings is 1. The standard InChI is InChI=1S/C12H20N2O4/c1-12(5-7-18-8-12)13-11(17)14-6-3-2-4-9(14)10(15)16/h9H,2-8H2,1H3,(H,13,17)(H,15,16). The second kappa shape index (κ2) is 5.14. The van der Waals surface area contributed by atoms with E-state index in [9.17, 15) is 9.59 Å². The van der Waals surface area contributed by atoms with Gasteiger partial charge in [-0.15, -0.1) is 0 Å². The Hall–Kier alpha value is -1.30. The minimum absolute atomic E-state index is 0.282. The van der Waals surface area contributed by atoms with Gasteiger partial charge < -0.3 is 20.1 Å². The fraction of sp³-hybridized carbons (Fsp3) is 0.833. The number of likely N-dealkylation sites (tertiary alicyclic amines) is 1. The maximum atomic E-state index is 12.2. The molecule has 0 aromatic rings. The van der Waals surface area contributed by atoms with Crippen LogP contribution in [-0.2, 0) is 9.53 Å². The summed E-state index contributed by atoms with van der Waals surface area (Å²) < 4.78 is 5.27. The number of amides is 2. The molecule has 0 radical (unpaired) electrons. The lowest BCUT2D eigenvalue weighted by Gasteiger charge is -2.35. The Balaban J connectivity index is 2.00. The highest BCUT2D eigenvalue weighted by Crippen LogP contribution is 2.21. The van der Waals surface area contributed by atoms with Gasteiger partial charge in [-0.2, -0.15) is 0 Å². The largest absolute Gasteiger partial charge is 0.480 e. The molecular weight excluding hydrogens is 236 g/mol. The Labute approximate surface area is 106 Å². The predicted molar refractivity (Wildman–Crippen MR) is 64.4 cm³/mol. The molecule has 2 aliphatic rings. The van der Waals surface area contributed by atoms with E-state index in [2.05, 4.69) is 5.32 Å². The van der Waals surface area contributed by atoms with Crippen LogP contribution < -0.4 is 5.32 Å². The van der Waals surface area contributed by atoms with Crippen LogP contribution in [0.5, 0.6) is 0 Å². The zero-order valence-corrected chi connectivity index (χ0v) is 10.6. The summed E-state index contributed by atoms with van der Waals surface area (Å²) in [5, 5.41) is 12.0. The third-order valence-corrected chi connectivity index (χ3v) is 3.68. The van der Waals surface area contributed by atoms with E-state index in [4.69, 9.17) is 9.84 Å². The number of nitrogens with one attached hydrogen (secondary N) is 1. The first-order valence-corrected chi connectivity index (χ1v) is 6.41. The van der Waals surface area contributed by atoms with E-state index in [1.165, 1.54) is 4.90 Å². The van der Waals surface area contributed by atoms with Gasteiger partial charge >= 0.3 is 12.0 Å². The van der Waals surface area contributed by atoms with Gasteiger partial charge in [0.05, 0.1) is 12.1 Å². The molecule has 2 atom stereocenters. The summed E-state index contributed by atoms with van der Waals surface area (Å²) in [6, 6.07) is -0.972. The zero-order chi connectivity index (χ0) is 13.2. The first-order valence-electron chi connectivity index (χ1n) is 6.41. The van der Waals surface area contributed by atoms with Crippen molar-refractivity contribution in [1.29, 1.82) is 0 Å². The highest BCUT2D eigenvalue weighted by atomic mass is 16.5. The summed E-state index contributed by atoms with van der Waals surface area (Å²) in [6.45, 7) is 3.57. The van der Waals surface area contributed by atoms with Crippen molar-refractivity contribution in [3.8, 4) is 0 Å². The van der Waals surface area contributed by atoms with Crippen molar-refractivity contribution < 1.29 is 19.4 Å². The van der Waals surface area contributed by atoms with Gasteiger partial charge in [0.15, 0.2) is 0 Å². The van der Waals surface area contributed by atoms with Crippen LogP contribution in [0.1, 0.15) is 32.6 Å². The number of carboxylic acids is 1. The smallest absolute Gasteiger partial charge is 0.326 e. The van der Waals surface area contributed by atoms with Crippen molar-refractivity contribution in [3.63, 3.8) is 0 Å². The van der Waals surface area contributed by atoms with E-state index >= 15 is 0 Å². The first kappa shape index (κ1) is 13.1. The van der Waals surface area contributed by atoms with Gasteiger partial charge in [0.2, 0.25) is 0 Å². The van der Waals surface area contributed by atoms with Gasteiger partial charge in [-0.05, 0) is 32.6 Å². The molecule has 2 fully saturated rings. The van der Waals surface area contributed by atoms with E-state index in [1.54, 1.807) is 0 Å². The lowest BCUT2D eigenvalue weighted by molar-refractivity contribution is -0.143. The van der Waals surface area contributed by atoms with Crippen molar-refractivity contribution >= 4 is 12.0 Å². The van der Waals surface area contributed by atoms with Gasteiger partial charge in [-0.25, -0.2) is 9.59 Å². The van der Waals surface area contributed by atoms with Gasteiger partial charge in [-0.1, -0.05) is 0 Å². The van der Waals surface area contributed by atoms with Gasteiger partial charge in [0.25, 0.3) is 0 Å². The second-order valence-electron chi connectivity index (χ2n) is 5.34. The minimum atomic E-state index is -0.919. The fourth-order valence-corrected chi connectivity index (χ4v) is 2.53. The Morgan fingerprint density at radius 3 is 2.83 bits per heavy atom. The number of ether oxygens (including phenoxy) is 1. The molecule has 0 aromatic carbocycles. The summed E-state index contributed by atoms with van der Waals surface area (Å²) in [4.78, 5) is 24.7. The number of carbonyl (C=O) groups excluding carboxylic acids is 1. The molecule has 0 saturated carbocycles. The SMILES string of the molecule is CC1(NC(=O)N2CCCCC2C(=O)O)CCOC1. The van der Waals surface area contributed by atoms with Crippen LogP contribution in [0.15, 0.2) is 0 Å². The van der Waals surface area contributed by atoms with E-state index in [0.717, 1.165) is 19.3 Å². The molecule has 0 aromatic heterocycles. The van der Waals surface area contributed by atoms with Crippen LogP contribution in [0.2, 0.25) is 0 Å². The van der Waals surface area contributed by atoms with Crippen LogP contribution in [0.25, 0.3) is 0 Å². The lowest BCUT2D eigenvalue weighted by atomic mass is 10.0. The first-order chi connectivity index (χ1) is 8.52. The molecule has 2 amide bonds. The molecule has 2 rings (SSSR count). The van der Waals surface area contributed by atoms with Crippen LogP contribution in [0, 0.1) is 0 Å². The Bertz CT molecular complexity index is 339. The quantitative estimate of drug-likeness (QED) is 0.766. The molecule has 2 N–H and O–H groups in total. The number of carboxylic acid groups (broad SMARTS) is 1. The normalized spacial score (nSPS) is 32.3. The molecule has 0 bridgehead atoms. The maximum absolute atomic E-state index is 12.2. The van der Waals surface area contributed by atoms with E-state index < -0.39 is 12.0 Å². The molecular formula is C12H20N2O4. The van der Waals surface area contributed by atoms with Crippen molar-refractivity contribution in [2.45, 2.75) is 44.2 Å². The second-order valence-corrected chi connectivity index (χ2v) is 5.34. The Morgan fingerprint density at radius 1 is 1.44 bits per heavy atom. The summed E-state index contributed by atoms with van der Waals surface area (Å²) in [5.74, 6) is -0.919. The number of nitrogens with zero attached hydrogens (tertiary/aromatic N) is 1. The highest BCUT2D eigenvalue weighted by molar-refractivity contribution is 5.83. The fourth-order valence-electron chi connectivity index (χ4n) is 2.53. The van der Waals surface area contributed by atoms with Crippen LogP contribution in [-0.4, -0.2) is 53.3 Å². The molecule has 2 heterocycles. The van der Waals surface area contributed by atoms with Gasteiger partial charge in [-0.3, -0.25) is 0 Å². The topological polar surface area (TPSA) is 78.9 Å². The van der Waals surface area contributed by atoms with E-state index in [-0.39, 0.29) is 11.6 Å². The van der Waals surface area contributed by atoms with Crippen molar-refractivity contribution in [2.75, 3.05) is 19.8 Å². The number of rotatable bonds is 2. The van der Waals surface area contributed by atoms with Crippen LogP contribution in [0.3, 0.4) is 0 Å². The third-order valence-electron chi connectivity index (χ3n) is 3.68.